The van der Waals surface area contributed by atoms with Crippen molar-refractivity contribution in [2.45, 2.75) is 24.9 Å². The lowest BCUT2D eigenvalue weighted by atomic mass is 10.1. The lowest BCUT2D eigenvalue weighted by Crippen LogP contribution is -2.45. The Labute approximate surface area is 176 Å². The first-order valence-corrected chi connectivity index (χ1v) is 8.21. The summed E-state index contributed by atoms with van der Waals surface area (Å²) in [5.41, 5.74) is 0.903. The first-order chi connectivity index (χ1) is 11.4. The molecule has 1 aromatic heterocycles. The monoisotopic (exact) mass is 447 g/mol. The van der Waals surface area contributed by atoms with Crippen LogP contribution >= 0.6 is 37.2 Å². The third kappa shape index (κ3) is 6.87. The van der Waals surface area contributed by atoms with Crippen molar-refractivity contribution in [2.24, 2.45) is 0 Å². The van der Waals surface area contributed by atoms with Crippen molar-refractivity contribution in [3.05, 3.63) is 23.9 Å². The lowest BCUT2D eigenvalue weighted by Gasteiger charge is -2.34. The Morgan fingerprint density at radius 3 is 2.56 bits per heavy atom. The summed E-state index contributed by atoms with van der Waals surface area (Å²) in [6.07, 6.45) is 1.29. The van der Waals surface area contributed by atoms with Crippen LogP contribution in [0.4, 0.5) is 14.6 Å². The highest BCUT2D eigenvalue weighted by Gasteiger charge is 2.42. The Hall–Kier alpha value is -0.930. The van der Waals surface area contributed by atoms with E-state index >= 15 is 0 Å². The summed E-state index contributed by atoms with van der Waals surface area (Å²) in [5, 5.41) is 5.33. The minimum absolute atomic E-state index is 0. The molecule has 0 aromatic carbocycles. The van der Waals surface area contributed by atoms with Crippen LogP contribution in [0.2, 0.25) is 0 Å². The highest BCUT2D eigenvalue weighted by molar-refractivity contribution is 5.86. The largest absolute Gasteiger partial charge is 0.354 e. The molecule has 3 heterocycles. The van der Waals surface area contributed by atoms with Gasteiger partial charge in [-0.25, -0.2) is 13.8 Å². The van der Waals surface area contributed by atoms with Crippen LogP contribution < -0.4 is 15.5 Å². The van der Waals surface area contributed by atoms with E-state index in [1.165, 1.54) is 0 Å². The molecule has 1 aromatic rings. The number of carbonyl (C=O) groups is 1. The van der Waals surface area contributed by atoms with E-state index in [1.54, 1.807) is 6.20 Å². The summed E-state index contributed by atoms with van der Waals surface area (Å²) in [4.78, 5) is 21.0. The number of anilines is 1. The molecule has 11 heteroatoms. The predicted octanol–water partition coefficient (Wildman–Crippen LogP) is 1.71. The first kappa shape index (κ1) is 26.1. The topological polar surface area (TPSA) is 60.5 Å². The smallest absolute Gasteiger partial charge is 0.262 e. The van der Waals surface area contributed by atoms with Gasteiger partial charge in [0.15, 0.2) is 0 Å². The molecule has 0 bridgehead atoms. The van der Waals surface area contributed by atoms with E-state index in [1.807, 2.05) is 12.1 Å². The van der Waals surface area contributed by atoms with Crippen molar-refractivity contribution < 1.29 is 13.6 Å². The summed E-state index contributed by atoms with van der Waals surface area (Å²) in [6, 6.07) is 2.91. The maximum absolute atomic E-state index is 13.2. The minimum atomic E-state index is -2.80. The highest BCUT2D eigenvalue weighted by atomic mass is 35.5. The molecule has 6 nitrogen and oxygen atoms in total. The van der Waals surface area contributed by atoms with Crippen molar-refractivity contribution in [3.63, 3.8) is 0 Å². The third-order valence-corrected chi connectivity index (χ3v) is 4.55. The molecule has 2 fully saturated rings. The first-order valence-electron chi connectivity index (χ1n) is 8.21. The van der Waals surface area contributed by atoms with Gasteiger partial charge in [0.05, 0.1) is 12.6 Å². The van der Waals surface area contributed by atoms with Crippen LogP contribution in [-0.2, 0) is 11.3 Å². The van der Waals surface area contributed by atoms with Gasteiger partial charge >= 0.3 is 0 Å². The van der Waals surface area contributed by atoms with E-state index in [-0.39, 0.29) is 49.7 Å². The molecule has 2 aliphatic heterocycles. The van der Waals surface area contributed by atoms with Crippen molar-refractivity contribution in [1.82, 2.24) is 20.5 Å². The number of nitrogens with zero attached hydrogens (tertiary/aromatic N) is 3. The Bertz CT molecular complexity index is 603. The van der Waals surface area contributed by atoms with Crippen molar-refractivity contribution >= 4 is 48.9 Å². The molecule has 2 saturated heterocycles. The standard InChI is InChI=1S/C16H23F2N5O.3ClH/c1-22-5-7-23(8-6-22)14-12(3-2-4-19-14)10-20-15(24)13-9-16(17,18)11-21-13;;;/h2-4,13,21H,5-11H2,1H3,(H,20,24);3*1H. The maximum Gasteiger partial charge on any atom is 0.262 e. The van der Waals surface area contributed by atoms with E-state index in [0.29, 0.717) is 0 Å². The van der Waals surface area contributed by atoms with Crippen LogP contribution in [0.25, 0.3) is 0 Å². The third-order valence-electron chi connectivity index (χ3n) is 4.55. The Morgan fingerprint density at radius 1 is 1.30 bits per heavy atom. The van der Waals surface area contributed by atoms with Crippen molar-refractivity contribution in [2.75, 3.05) is 44.7 Å². The second-order valence-corrected chi connectivity index (χ2v) is 6.49. The van der Waals surface area contributed by atoms with Gasteiger partial charge in [0.2, 0.25) is 5.91 Å². The Morgan fingerprint density at radius 2 is 1.96 bits per heavy atom. The summed E-state index contributed by atoms with van der Waals surface area (Å²) in [7, 11) is 2.08. The molecule has 0 saturated carbocycles. The van der Waals surface area contributed by atoms with Gasteiger partial charge in [-0.3, -0.25) is 10.1 Å². The van der Waals surface area contributed by atoms with Gasteiger partial charge in [-0.2, -0.15) is 0 Å². The molecule has 27 heavy (non-hydrogen) atoms. The second-order valence-electron chi connectivity index (χ2n) is 6.49. The fraction of sp³-hybridized carbons (Fsp3) is 0.625. The average molecular weight is 449 g/mol. The zero-order chi connectivity index (χ0) is 17.2. The van der Waals surface area contributed by atoms with Gasteiger partial charge in [-0.05, 0) is 13.1 Å². The number of nitrogens with one attached hydrogen (secondary N) is 2. The molecule has 1 amide bonds. The molecular weight excluding hydrogens is 423 g/mol. The van der Waals surface area contributed by atoms with Gasteiger partial charge in [-0.1, -0.05) is 6.07 Å². The quantitative estimate of drug-likeness (QED) is 0.734. The van der Waals surface area contributed by atoms with Crippen LogP contribution in [0.5, 0.6) is 0 Å². The number of amides is 1. The van der Waals surface area contributed by atoms with Gasteiger partial charge in [0.25, 0.3) is 5.92 Å². The van der Waals surface area contributed by atoms with E-state index in [0.717, 1.165) is 37.6 Å². The van der Waals surface area contributed by atoms with E-state index < -0.39 is 24.9 Å². The van der Waals surface area contributed by atoms with Crippen LogP contribution in [0, 0.1) is 0 Å². The van der Waals surface area contributed by atoms with E-state index in [9.17, 15) is 13.6 Å². The molecule has 1 unspecified atom stereocenters. The normalized spacial score (nSPS) is 21.4. The molecule has 0 radical (unpaired) electrons. The molecule has 2 N–H and O–H groups in total. The number of aromatic nitrogens is 1. The average Bonchev–Trinajstić information content (AvgIpc) is 2.94. The summed E-state index contributed by atoms with van der Waals surface area (Å²) in [5.74, 6) is -2.34. The highest BCUT2D eigenvalue weighted by Crippen LogP contribution is 2.25. The number of piperazine rings is 1. The Kier molecular flexibility index (Phi) is 10.8. The number of hydrogen-bond donors (Lipinski definition) is 2. The zero-order valence-corrected chi connectivity index (χ0v) is 17.4. The number of halogens is 5. The van der Waals surface area contributed by atoms with Crippen LogP contribution in [-0.4, -0.2) is 67.5 Å². The summed E-state index contributed by atoms with van der Waals surface area (Å²) >= 11 is 0. The molecule has 0 spiro atoms. The fourth-order valence-electron chi connectivity index (χ4n) is 3.08. The van der Waals surface area contributed by atoms with Gasteiger partial charge in [0.1, 0.15) is 5.82 Å². The van der Waals surface area contributed by atoms with Crippen molar-refractivity contribution in [3.8, 4) is 0 Å². The molecule has 1 atom stereocenters. The van der Waals surface area contributed by atoms with Gasteiger partial charge in [-0.15, -0.1) is 37.2 Å². The molecule has 2 aliphatic rings. The van der Waals surface area contributed by atoms with E-state index in [4.69, 9.17) is 0 Å². The summed E-state index contributed by atoms with van der Waals surface area (Å²) < 4.78 is 26.4. The van der Waals surface area contributed by atoms with E-state index in [2.05, 4.69) is 32.5 Å². The lowest BCUT2D eigenvalue weighted by molar-refractivity contribution is -0.123. The predicted molar refractivity (Wildman–Crippen MR) is 109 cm³/mol. The molecular formula is C16H26Cl3F2N5O. The Balaban J connectivity index is 0.00000225. The van der Waals surface area contributed by atoms with Crippen LogP contribution in [0.3, 0.4) is 0 Å². The van der Waals surface area contributed by atoms with Crippen molar-refractivity contribution in [1.29, 1.82) is 0 Å². The number of alkyl halides is 2. The van der Waals surface area contributed by atoms with Crippen LogP contribution in [0.15, 0.2) is 18.3 Å². The molecule has 0 aliphatic carbocycles. The number of carbonyl (C=O) groups excluding carboxylic acids is 1. The zero-order valence-electron chi connectivity index (χ0n) is 15.0. The number of likely N-dealkylation sites (N-methyl/N-ethyl adjacent to an activating group) is 1. The minimum Gasteiger partial charge on any atom is -0.354 e. The summed E-state index contributed by atoms with van der Waals surface area (Å²) in [6.45, 7) is 3.53. The molecule has 156 valence electrons. The second kappa shape index (κ2) is 11.2. The SMILES string of the molecule is CN1CCN(c2ncccc2CNC(=O)C2CC(F)(F)CN2)CC1.Cl.Cl.Cl. The number of hydrogen-bond acceptors (Lipinski definition) is 5. The van der Waals surface area contributed by atoms with Crippen LogP contribution in [0.1, 0.15) is 12.0 Å². The van der Waals surface area contributed by atoms with Gasteiger partial charge < -0.3 is 15.1 Å². The maximum atomic E-state index is 13.2. The fourth-order valence-corrected chi connectivity index (χ4v) is 3.08. The molecule has 3 rings (SSSR count). The number of pyridine rings is 1. The number of rotatable bonds is 4. The van der Waals surface area contributed by atoms with Gasteiger partial charge in [0, 0.05) is 50.9 Å².